The van der Waals surface area contributed by atoms with E-state index in [1.54, 1.807) is 0 Å². The van der Waals surface area contributed by atoms with Gasteiger partial charge in [-0.1, -0.05) is 24.3 Å². The van der Waals surface area contributed by atoms with Gasteiger partial charge in [0.15, 0.2) is 0 Å². The van der Waals surface area contributed by atoms with Gasteiger partial charge in [-0.3, -0.25) is 4.79 Å². The Bertz CT molecular complexity index is 413. The summed E-state index contributed by atoms with van der Waals surface area (Å²) in [5.41, 5.74) is 2.44. The highest BCUT2D eigenvalue weighted by Gasteiger charge is 2.29. The molecule has 98 valence electrons. The molecule has 1 aromatic carbocycles. The lowest BCUT2D eigenvalue weighted by atomic mass is 10.0. The van der Waals surface area contributed by atoms with E-state index >= 15 is 0 Å². The monoisotopic (exact) mass is 247 g/mol. The Hall–Kier alpha value is -1.35. The third-order valence-electron chi connectivity index (χ3n) is 3.56. The van der Waals surface area contributed by atoms with E-state index in [1.165, 1.54) is 11.1 Å². The first-order chi connectivity index (χ1) is 8.66. The number of hydrogen-bond donors (Lipinski definition) is 2. The average molecular weight is 247 g/mol. The Labute approximate surface area is 108 Å². The van der Waals surface area contributed by atoms with Crippen molar-refractivity contribution in [2.45, 2.75) is 38.7 Å². The molecule has 0 heterocycles. The fraction of sp³-hybridized carbons (Fsp3) is 0.533. The summed E-state index contributed by atoms with van der Waals surface area (Å²) in [6.07, 6.45) is 3.09. The highest BCUT2D eigenvalue weighted by atomic mass is 16.3. The minimum atomic E-state index is -0.354. The van der Waals surface area contributed by atoms with Crippen LogP contribution in [0, 0.1) is 12.8 Å². The van der Waals surface area contributed by atoms with E-state index in [1.807, 2.05) is 12.1 Å². The van der Waals surface area contributed by atoms with Crippen LogP contribution in [0.3, 0.4) is 0 Å². The van der Waals surface area contributed by atoms with Gasteiger partial charge in [0, 0.05) is 13.0 Å². The van der Waals surface area contributed by atoms with E-state index in [9.17, 15) is 9.90 Å². The number of amides is 1. The zero-order chi connectivity index (χ0) is 13.0. The molecule has 1 atom stereocenters. The fourth-order valence-corrected chi connectivity index (χ4v) is 2.09. The molecule has 1 aromatic rings. The molecule has 0 aliphatic heterocycles. The van der Waals surface area contributed by atoms with Gasteiger partial charge in [0.05, 0.1) is 6.10 Å². The molecule has 3 nitrogen and oxygen atoms in total. The maximum atomic E-state index is 11.7. The molecule has 1 fully saturated rings. The second kappa shape index (κ2) is 6.01. The number of aliphatic hydroxyl groups excluding tert-OH is 1. The van der Waals surface area contributed by atoms with Crippen molar-refractivity contribution < 1.29 is 9.90 Å². The van der Waals surface area contributed by atoms with Crippen LogP contribution < -0.4 is 5.32 Å². The van der Waals surface area contributed by atoms with Gasteiger partial charge < -0.3 is 10.4 Å². The highest BCUT2D eigenvalue weighted by Crippen LogP contribution is 2.32. The van der Waals surface area contributed by atoms with Gasteiger partial charge in [0.25, 0.3) is 0 Å². The Morgan fingerprint density at radius 3 is 2.83 bits per heavy atom. The van der Waals surface area contributed by atoms with Crippen LogP contribution in [0.2, 0.25) is 0 Å². The van der Waals surface area contributed by atoms with Crippen LogP contribution in [-0.4, -0.2) is 23.7 Å². The Morgan fingerprint density at radius 1 is 1.44 bits per heavy atom. The molecule has 2 rings (SSSR count). The van der Waals surface area contributed by atoms with Crippen LogP contribution in [0.4, 0.5) is 0 Å². The van der Waals surface area contributed by atoms with E-state index in [2.05, 4.69) is 24.4 Å². The number of aryl methyl sites for hydroxylation is 2. The summed E-state index contributed by atoms with van der Waals surface area (Å²) in [4.78, 5) is 11.7. The van der Waals surface area contributed by atoms with Crippen LogP contribution in [0.15, 0.2) is 24.3 Å². The number of rotatable bonds is 6. The summed E-state index contributed by atoms with van der Waals surface area (Å²) in [6.45, 7) is 2.46. The van der Waals surface area contributed by atoms with Crippen molar-refractivity contribution in [1.29, 1.82) is 0 Å². The third kappa shape index (κ3) is 3.84. The summed E-state index contributed by atoms with van der Waals surface area (Å²) in [5.74, 6) is 0.444. The van der Waals surface area contributed by atoms with Crippen molar-refractivity contribution in [1.82, 2.24) is 5.32 Å². The summed E-state index contributed by atoms with van der Waals surface area (Å²) in [7, 11) is 0. The van der Waals surface area contributed by atoms with E-state index in [4.69, 9.17) is 0 Å². The number of hydrogen-bond acceptors (Lipinski definition) is 2. The molecular formula is C15H21NO2. The highest BCUT2D eigenvalue weighted by molar-refractivity contribution is 5.76. The van der Waals surface area contributed by atoms with Crippen molar-refractivity contribution in [2.75, 3.05) is 6.54 Å². The van der Waals surface area contributed by atoms with Crippen molar-refractivity contribution in [3.8, 4) is 0 Å². The Morgan fingerprint density at radius 2 is 2.17 bits per heavy atom. The maximum Gasteiger partial charge on any atom is 0.220 e. The Balaban J connectivity index is 1.69. The quantitative estimate of drug-likeness (QED) is 0.805. The summed E-state index contributed by atoms with van der Waals surface area (Å²) >= 11 is 0. The SMILES string of the molecule is Cc1ccccc1CCC(=O)NCC(O)C1CC1. The first kappa shape index (κ1) is 13.1. The van der Waals surface area contributed by atoms with E-state index in [-0.39, 0.29) is 12.0 Å². The Kier molecular flexibility index (Phi) is 4.37. The lowest BCUT2D eigenvalue weighted by molar-refractivity contribution is -0.121. The van der Waals surface area contributed by atoms with Crippen LogP contribution >= 0.6 is 0 Å². The second-order valence-electron chi connectivity index (χ2n) is 5.14. The number of carbonyl (C=O) groups is 1. The largest absolute Gasteiger partial charge is 0.391 e. The first-order valence-corrected chi connectivity index (χ1v) is 6.66. The lowest BCUT2D eigenvalue weighted by Gasteiger charge is -2.11. The smallest absolute Gasteiger partial charge is 0.220 e. The van der Waals surface area contributed by atoms with Gasteiger partial charge >= 0.3 is 0 Å². The topological polar surface area (TPSA) is 49.3 Å². The van der Waals surface area contributed by atoms with Crippen molar-refractivity contribution in [2.24, 2.45) is 5.92 Å². The molecule has 0 radical (unpaired) electrons. The van der Waals surface area contributed by atoms with Crippen molar-refractivity contribution in [3.63, 3.8) is 0 Å². The van der Waals surface area contributed by atoms with Gasteiger partial charge in [-0.05, 0) is 43.2 Å². The van der Waals surface area contributed by atoms with Gasteiger partial charge in [0.2, 0.25) is 5.91 Å². The van der Waals surface area contributed by atoms with Gasteiger partial charge in [-0.2, -0.15) is 0 Å². The molecule has 1 unspecified atom stereocenters. The van der Waals surface area contributed by atoms with Crippen LogP contribution in [0.5, 0.6) is 0 Å². The predicted octanol–water partition coefficient (Wildman–Crippen LogP) is 1.81. The number of carbonyl (C=O) groups excluding carboxylic acids is 1. The third-order valence-corrected chi connectivity index (χ3v) is 3.56. The fourth-order valence-electron chi connectivity index (χ4n) is 2.09. The van der Waals surface area contributed by atoms with Crippen LogP contribution in [0.1, 0.15) is 30.4 Å². The normalized spacial score (nSPS) is 16.3. The molecule has 0 aromatic heterocycles. The number of nitrogens with one attached hydrogen (secondary N) is 1. The molecule has 0 saturated heterocycles. The average Bonchev–Trinajstić information content (AvgIpc) is 3.19. The maximum absolute atomic E-state index is 11.7. The minimum Gasteiger partial charge on any atom is -0.391 e. The number of aliphatic hydroxyl groups is 1. The molecule has 0 bridgehead atoms. The van der Waals surface area contributed by atoms with Crippen LogP contribution in [0.25, 0.3) is 0 Å². The zero-order valence-corrected chi connectivity index (χ0v) is 10.9. The summed E-state index contributed by atoms with van der Waals surface area (Å²) < 4.78 is 0. The van der Waals surface area contributed by atoms with Gasteiger partial charge in [0.1, 0.15) is 0 Å². The molecule has 1 amide bonds. The molecule has 0 spiro atoms. The number of benzene rings is 1. The molecule has 2 N–H and O–H groups in total. The van der Waals surface area contributed by atoms with Gasteiger partial charge in [-0.25, -0.2) is 0 Å². The van der Waals surface area contributed by atoms with E-state index < -0.39 is 0 Å². The minimum absolute atomic E-state index is 0.0259. The standard InChI is InChI=1S/C15H21NO2/c1-11-4-2-3-5-12(11)8-9-15(18)16-10-14(17)13-6-7-13/h2-5,13-14,17H,6-10H2,1H3,(H,16,18). The first-order valence-electron chi connectivity index (χ1n) is 6.66. The molecule has 1 aliphatic rings. The van der Waals surface area contributed by atoms with E-state index in [0.717, 1.165) is 19.3 Å². The van der Waals surface area contributed by atoms with Crippen molar-refractivity contribution in [3.05, 3.63) is 35.4 Å². The predicted molar refractivity (Wildman–Crippen MR) is 71.2 cm³/mol. The lowest BCUT2D eigenvalue weighted by Crippen LogP contribution is -2.33. The molecule has 3 heteroatoms. The van der Waals surface area contributed by atoms with Crippen molar-refractivity contribution >= 4 is 5.91 Å². The van der Waals surface area contributed by atoms with Gasteiger partial charge in [-0.15, -0.1) is 0 Å². The summed E-state index contributed by atoms with van der Waals surface area (Å²) in [6, 6.07) is 8.12. The molecular weight excluding hydrogens is 226 g/mol. The molecule has 1 aliphatic carbocycles. The second-order valence-corrected chi connectivity index (χ2v) is 5.14. The summed E-state index contributed by atoms with van der Waals surface area (Å²) in [5, 5.41) is 12.5. The van der Waals surface area contributed by atoms with E-state index in [0.29, 0.717) is 18.9 Å². The molecule has 1 saturated carbocycles. The zero-order valence-electron chi connectivity index (χ0n) is 10.9. The molecule has 18 heavy (non-hydrogen) atoms. The van der Waals surface area contributed by atoms with Crippen LogP contribution in [-0.2, 0) is 11.2 Å².